The molecule has 0 spiro atoms. The maximum absolute atomic E-state index is 6.14. The summed E-state index contributed by atoms with van der Waals surface area (Å²) in [4.78, 5) is 12.5. The first-order valence-electron chi connectivity index (χ1n) is 7.86. The molecular formula is C16H21N5O4. The predicted molar refractivity (Wildman–Crippen MR) is 89.5 cm³/mol. The van der Waals surface area contributed by atoms with Gasteiger partial charge in [-0.25, -0.2) is 15.0 Å². The maximum atomic E-state index is 6.14. The summed E-state index contributed by atoms with van der Waals surface area (Å²) < 4.78 is 24.7. The van der Waals surface area contributed by atoms with E-state index in [0.29, 0.717) is 36.6 Å². The van der Waals surface area contributed by atoms with E-state index in [1.165, 1.54) is 6.33 Å². The summed E-state index contributed by atoms with van der Waals surface area (Å²) in [7, 11) is 3.22. The first-order chi connectivity index (χ1) is 12.2. The van der Waals surface area contributed by atoms with Gasteiger partial charge in [0.15, 0.2) is 17.7 Å². The Morgan fingerprint density at radius 1 is 1.32 bits per heavy atom. The summed E-state index contributed by atoms with van der Waals surface area (Å²) in [6.45, 7) is 0.762. The van der Waals surface area contributed by atoms with Gasteiger partial charge >= 0.3 is 0 Å². The molecule has 0 amide bonds. The fraction of sp³-hybridized carbons (Fsp3) is 0.562. The summed E-state index contributed by atoms with van der Waals surface area (Å²) in [6, 6.07) is 0. The minimum absolute atomic E-state index is 0.299. The second-order valence-corrected chi connectivity index (χ2v) is 5.59. The fourth-order valence-corrected chi connectivity index (χ4v) is 3.00. The molecule has 4 atom stereocenters. The Kier molecular flexibility index (Phi) is 5.45. The highest BCUT2D eigenvalue weighted by Gasteiger charge is 2.47. The number of methoxy groups -OCH3 is 2. The number of nitrogen functional groups attached to an aromatic ring is 1. The lowest BCUT2D eigenvalue weighted by molar-refractivity contribution is -0.0723. The molecule has 2 aromatic heterocycles. The number of nitrogens with zero attached hydrogens (tertiary/aromatic N) is 4. The van der Waals surface area contributed by atoms with Gasteiger partial charge in [-0.1, -0.05) is 0 Å². The standard InChI is InChI=1S/C16H21N5O4/c1-4-5-6-24-13-12(23-3)10(7-22-2)25-16(13)21-9-20-11-14(17)18-8-19-15(11)21/h1,8-10,12-13,16H,5-7H2,2-3H3,(H2,17,18,19). The zero-order valence-electron chi connectivity index (χ0n) is 14.2. The van der Waals surface area contributed by atoms with E-state index in [1.54, 1.807) is 25.1 Å². The van der Waals surface area contributed by atoms with Crippen molar-refractivity contribution in [2.45, 2.75) is 31.0 Å². The van der Waals surface area contributed by atoms with Crippen LogP contribution in [0, 0.1) is 12.3 Å². The van der Waals surface area contributed by atoms with Crippen molar-refractivity contribution < 1.29 is 18.9 Å². The van der Waals surface area contributed by atoms with E-state index < -0.39 is 12.3 Å². The summed E-state index contributed by atoms with van der Waals surface area (Å²) in [5.41, 5.74) is 6.94. The van der Waals surface area contributed by atoms with Crippen LogP contribution in [0.1, 0.15) is 12.6 Å². The van der Waals surface area contributed by atoms with Crippen molar-refractivity contribution in [3.8, 4) is 12.3 Å². The second-order valence-electron chi connectivity index (χ2n) is 5.59. The zero-order chi connectivity index (χ0) is 17.8. The van der Waals surface area contributed by atoms with E-state index >= 15 is 0 Å². The molecule has 0 aromatic carbocycles. The van der Waals surface area contributed by atoms with Gasteiger partial charge in [-0.3, -0.25) is 4.57 Å². The Balaban J connectivity index is 1.95. The molecule has 0 radical (unpaired) electrons. The predicted octanol–water partition coefficient (Wildman–Crippen LogP) is 0.376. The Morgan fingerprint density at radius 2 is 2.16 bits per heavy atom. The minimum atomic E-state index is -0.498. The number of hydrogen-bond acceptors (Lipinski definition) is 8. The molecule has 3 heterocycles. The van der Waals surface area contributed by atoms with Crippen LogP contribution >= 0.6 is 0 Å². The van der Waals surface area contributed by atoms with Crippen LogP contribution in [0.15, 0.2) is 12.7 Å². The summed E-state index contributed by atoms with van der Waals surface area (Å²) in [5, 5.41) is 0. The number of rotatable bonds is 7. The Labute approximate surface area is 145 Å². The van der Waals surface area contributed by atoms with E-state index in [0.717, 1.165) is 0 Å². The van der Waals surface area contributed by atoms with Gasteiger partial charge < -0.3 is 24.7 Å². The molecule has 4 unspecified atom stereocenters. The van der Waals surface area contributed by atoms with Crippen LogP contribution in [0.5, 0.6) is 0 Å². The maximum Gasteiger partial charge on any atom is 0.167 e. The summed E-state index contributed by atoms with van der Waals surface area (Å²) in [5.74, 6) is 2.87. The SMILES string of the molecule is C#CCCOC1C(OC)C(COC)OC1n1cnc2c(N)ncnc21. The van der Waals surface area contributed by atoms with Crippen molar-refractivity contribution in [2.75, 3.05) is 33.2 Å². The number of imidazole rings is 1. The first kappa shape index (κ1) is 17.6. The molecule has 1 fully saturated rings. The number of fused-ring (bicyclic) bond motifs is 1. The lowest BCUT2D eigenvalue weighted by atomic mass is 10.1. The van der Waals surface area contributed by atoms with Crippen molar-refractivity contribution in [2.24, 2.45) is 0 Å². The average Bonchev–Trinajstić information content (AvgIpc) is 3.18. The first-order valence-corrected chi connectivity index (χ1v) is 7.86. The zero-order valence-corrected chi connectivity index (χ0v) is 14.2. The number of anilines is 1. The average molecular weight is 347 g/mol. The molecule has 1 aliphatic heterocycles. The molecule has 2 N–H and O–H groups in total. The molecular weight excluding hydrogens is 326 g/mol. The van der Waals surface area contributed by atoms with Crippen LogP contribution in [-0.4, -0.2) is 65.3 Å². The van der Waals surface area contributed by atoms with Crippen molar-refractivity contribution >= 4 is 17.0 Å². The van der Waals surface area contributed by atoms with E-state index in [1.807, 2.05) is 0 Å². The molecule has 0 saturated carbocycles. The molecule has 0 aliphatic carbocycles. The Hall–Kier alpha value is -2.25. The van der Waals surface area contributed by atoms with Crippen molar-refractivity contribution in [3.05, 3.63) is 12.7 Å². The molecule has 1 saturated heterocycles. The molecule has 3 rings (SSSR count). The van der Waals surface area contributed by atoms with E-state index in [4.69, 9.17) is 31.1 Å². The smallest absolute Gasteiger partial charge is 0.167 e. The van der Waals surface area contributed by atoms with E-state index in [-0.39, 0.29) is 12.2 Å². The van der Waals surface area contributed by atoms with Crippen molar-refractivity contribution in [3.63, 3.8) is 0 Å². The van der Waals surface area contributed by atoms with E-state index in [2.05, 4.69) is 20.9 Å². The summed E-state index contributed by atoms with van der Waals surface area (Å²) in [6.07, 6.45) is 7.30. The fourth-order valence-electron chi connectivity index (χ4n) is 3.00. The second kappa shape index (κ2) is 7.76. The third-order valence-corrected chi connectivity index (χ3v) is 4.11. The van der Waals surface area contributed by atoms with Gasteiger partial charge in [0.1, 0.15) is 30.2 Å². The minimum Gasteiger partial charge on any atom is -0.382 e. The van der Waals surface area contributed by atoms with Crippen LogP contribution in [0.2, 0.25) is 0 Å². The van der Waals surface area contributed by atoms with E-state index in [9.17, 15) is 0 Å². The van der Waals surface area contributed by atoms with Crippen molar-refractivity contribution in [1.82, 2.24) is 19.5 Å². The highest BCUT2D eigenvalue weighted by Crippen LogP contribution is 2.35. The van der Waals surface area contributed by atoms with Crippen LogP contribution in [-0.2, 0) is 18.9 Å². The Bertz CT molecular complexity index is 759. The van der Waals surface area contributed by atoms with Gasteiger partial charge in [0.2, 0.25) is 0 Å². The normalized spacial score (nSPS) is 26.1. The molecule has 0 bridgehead atoms. The number of aromatic nitrogens is 4. The monoisotopic (exact) mass is 347 g/mol. The quantitative estimate of drug-likeness (QED) is 0.566. The molecule has 2 aromatic rings. The van der Waals surface area contributed by atoms with Gasteiger partial charge in [-0.2, -0.15) is 0 Å². The lowest BCUT2D eigenvalue weighted by Gasteiger charge is -2.23. The van der Waals surface area contributed by atoms with Crippen LogP contribution < -0.4 is 5.73 Å². The van der Waals surface area contributed by atoms with Gasteiger partial charge in [0.25, 0.3) is 0 Å². The molecule has 134 valence electrons. The Morgan fingerprint density at radius 3 is 2.88 bits per heavy atom. The number of ether oxygens (including phenoxy) is 4. The third kappa shape index (κ3) is 3.29. The molecule has 1 aliphatic rings. The van der Waals surface area contributed by atoms with Gasteiger partial charge in [0.05, 0.1) is 19.5 Å². The van der Waals surface area contributed by atoms with Crippen LogP contribution in [0.25, 0.3) is 11.2 Å². The molecule has 9 heteroatoms. The molecule has 25 heavy (non-hydrogen) atoms. The number of hydrogen-bond donors (Lipinski definition) is 1. The number of terminal acetylenes is 1. The van der Waals surface area contributed by atoms with Gasteiger partial charge in [-0.15, -0.1) is 12.3 Å². The number of nitrogens with two attached hydrogens (primary N) is 1. The highest BCUT2D eigenvalue weighted by molar-refractivity contribution is 5.81. The van der Waals surface area contributed by atoms with Crippen LogP contribution in [0.4, 0.5) is 5.82 Å². The summed E-state index contributed by atoms with van der Waals surface area (Å²) >= 11 is 0. The van der Waals surface area contributed by atoms with Gasteiger partial charge in [-0.05, 0) is 0 Å². The lowest BCUT2D eigenvalue weighted by Crippen LogP contribution is -2.37. The largest absolute Gasteiger partial charge is 0.382 e. The van der Waals surface area contributed by atoms with Crippen LogP contribution in [0.3, 0.4) is 0 Å². The van der Waals surface area contributed by atoms with Gasteiger partial charge in [0, 0.05) is 20.6 Å². The molecule has 9 nitrogen and oxygen atoms in total. The van der Waals surface area contributed by atoms with Crippen molar-refractivity contribution in [1.29, 1.82) is 0 Å². The topological polar surface area (TPSA) is 107 Å². The third-order valence-electron chi connectivity index (χ3n) is 4.11. The highest BCUT2D eigenvalue weighted by atomic mass is 16.6.